The molecule has 80 valence electrons. The highest BCUT2D eigenvalue weighted by Gasteiger charge is 2.38. The minimum absolute atomic E-state index is 0.230. The Kier molecular flexibility index (Phi) is 1.80. The first-order valence-corrected chi connectivity index (χ1v) is 4.79. The maximum atomic E-state index is 11.0. The van der Waals surface area contributed by atoms with Gasteiger partial charge in [0.1, 0.15) is 18.9 Å². The number of fused-ring (bicyclic) bond motifs is 4. The molecular formula is C9H10N2O4. The van der Waals surface area contributed by atoms with Crippen LogP contribution in [0, 0.1) is 0 Å². The zero-order chi connectivity index (χ0) is 10.4. The molecule has 0 saturated carbocycles. The Hall–Kier alpha value is -1.40. The molecule has 2 aliphatic heterocycles. The molecular weight excluding hydrogens is 200 g/mol. The Morgan fingerprint density at radius 3 is 3.33 bits per heavy atom. The van der Waals surface area contributed by atoms with Crippen molar-refractivity contribution in [2.75, 3.05) is 6.61 Å². The van der Waals surface area contributed by atoms with E-state index in [0.717, 1.165) is 0 Å². The summed E-state index contributed by atoms with van der Waals surface area (Å²) in [7, 11) is 0. The summed E-state index contributed by atoms with van der Waals surface area (Å²) < 4.78 is 12.5. The van der Waals surface area contributed by atoms with Gasteiger partial charge in [0, 0.05) is 18.7 Å². The third kappa shape index (κ3) is 1.33. The first-order chi connectivity index (χ1) is 7.24. The van der Waals surface area contributed by atoms with Gasteiger partial charge in [-0.2, -0.15) is 4.98 Å². The minimum Gasteiger partial charge on any atom is -0.462 e. The number of ether oxygens (including phenoxy) is 2. The lowest BCUT2D eigenvalue weighted by atomic mass is 10.2. The topological polar surface area (TPSA) is 73.6 Å². The van der Waals surface area contributed by atoms with E-state index in [4.69, 9.17) is 9.47 Å². The standard InChI is InChI=1S/C9H10N2O4/c12-5-3-8-11-2-1-7(13)10-9(11)14-4-6(5)15-8/h1-2,5-6,8,12H,3-4H2/t5-,6+,8+/m0/s1. The predicted molar refractivity (Wildman–Crippen MR) is 48.5 cm³/mol. The van der Waals surface area contributed by atoms with Crippen LogP contribution in [0.4, 0.5) is 0 Å². The van der Waals surface area contributed by atoms with Crippen LogP contribution >= 0.6 is 0 Å². The van der Waals surface area contributed by atoms with E-state index in [0.29, 0.717) is 6.42 Å². The van der Waals surface area contributed by atoms with Gasteiger partial charge in [-0.05, 0) is 0 Å². The average molecular weight is 210 g/mol. The number of aromatic nitrogens is 2. The number of nitrogens with zero attached hydrogens (tertiary/aromatic N) is 2. The second-order valence-electron chi connectivity index (χ2n) is 3.70. The van der Waals surface area contributed by atoms with Crippen LogP contribution in [0.3, 0.4) is 0 Å². The summed E-state index contributed by atoms with van der Waals surface area (Å²) in [5.74, 6) is 0. The quantitative estimate of drug-likeness (QED) is 0.612. The summed E-state index contributed by atoms with van der Waals surface area (Å²) in [4.78, 5) is 14.8. The van der Waals surface area contributed by atoms with Crippen LogP contribution in [0.25, 0.3) is 0 Å². The Morgan fingerprint density at radius 2 is 2.47 bits per heavy atom. The second-order valence-corrected chi connectivity index (χ2v) is 3.70. The molecule has 0 unspecified atom stereocenters. The Balaban J connectivity index is 2.07. The third-order valence-electron chi connectivity index (χ3n) is 2.70. The van der Waals surface area contributed by atoms with Gasteiger partial charge in [-0.3, -0.25) is 9.36 Å². The molecule has 15 heavy (non-hydrogen) atoms. The summed E-state index contributed by atoms with van der Waals surface area (Å²) in [5, 5.41) is 9.60. The maximum absolute atomic E-state index is 11.0. The van der Waals surface area contributed by atoms with Crippen LogP contribution in [0.5, 0.6) is 6.01 Å². The highest BCUT2D eigenvalue weighted by molar-refractivity contribution is 5.04. The van der Waals surface area contributed by atoms with E-state index in [-0.39, 0.29) is 30.5 Å². The molecule has 1 aromatic rings. The molecule has 1 fully saturated rings. The van der Waals surface area contributed by atoms with Crippen molar-refractivity contribution < 1.29 is 14.6 Å². The van der Waals surface area contributed by atoms with Gasteiger partial charge in [-0.1, -0.05) is 0 Å². The maximum Gasteiger partial charge on any atom is 0.301 e. The van der Waals surface area contributed by atoms with Crippen molar-refractivity contribution in [1.82, 2.24) is 9.55 Å². The lowest BCUT2D eigenvalue weighted by Gasteiger charge is -2.15. The van der Waals surface area contributed by atoms with E-state index in [1.807, 2.05) is 0 Å². The average Bonchev–Trinajstić information content (AvgIpc) is 2.46. The normalized spacial score (nSPS) is 33.0. The SMILES string of the molecule is O=c1ccn2c(n1)OC[C@H]1O[C@@H]2C[C@@H]1O. The molecule has 1 N–H and O–H groups in total. The van der Waals surface area contributed by atoms with Crippen LogP contribution in [0.1, 0.15) is 12.6 Å². The highest BCUT2D eigenvalue weighted by Crippen LogP contribution is 2.33. The number of hydrogen-bond donors (Lipinski definition) is 1. The monoisotopic (exact) mass is 210 g/mol. The molecule has 0 spiro atoms. The molecule has 3 atom stereocenters. The van der Waals surface area contributed by atoms with Crippen molar-refractivity contribution in [2.24, 2.45) is 0 Å². The molecule has 1 aromatic heterocycles. The Labute approximate surface area is 85.1 Å². The van der Waals surface area contributed by atoms with Crippen LogP contribution in [0.2, 0.25) is 0 Å². The molecule has 2 aliphatic rings. The minimum atomic E-state index is -0.512. The molecule has 0 aliphatic carbocycles. The molecule has 0 aromatic carbocycles. The number of aliphatic hydroxyl groups is 1. The van der Waals surface area contributed by atoms with Crippen molar-refractivity contribution in [2.45, 2.75) is 24.9 Å². The van der Waals surface area contributed by atoms with E-state index >= 15 is 0 Å². The second kappa shape index (κ2) is 3.04. The number of hydrogen-bond acceptors (Lipinski definition) is 5. The smallest absolute Gasteiger partial charge is 0.301 e. The molecule has 2 bridgehead atoms. The van der Waals surface area contributed by atoms with E-state index < -0.39 is 6.10 Å². The molecule has 0 amide bonds. The first-order valence-electron chi connectivity index (χ1n) is 4.79. The van der Waals surface area contributed by atoms with Crippen LogP contribution < -0.4 is 10.3 Å². The van der Waals surface area contributed by atoms with E-state index in [1.165, 1.54) is 6.07 Å². The van der Waals surface area contributed by atoms with Crippen molar-refractivity contribution in [1.29, 1.82) is 0 Å². The zero-order valence-corrected chi connectivity index (χ0v) is 7.87. The summed E-state index contributed by atoms with van der Waals surface area (Å²) in [6.45, 7) is 0.230. The van der Waals surface area contributed by atoms with Gasteiger partial charge < -0.3 is 14.6 Å². The van der Waals surface area contributed by atoms with Gasteiger partial charge in [0.2, 0.25) is 0 Å². The predicted octanol–water partition coefficient (Wildman–Crippen LogP) is -0.716. The molecule has 0 radical (unpaired) electrons. The van der Waals surface area contributed by atoms with Gasteiger partial charge in [-0.15, -0.1) is 0 Å². The summed E-state index contributed by atoms with van der Waals surface area (Å²) in [6, 6.07) is 1.61. The van der Waals surface area contributed by atoms with Crippen molar-refractivity contribution >= 4 is 0 Å². The Morgan fingerprint density at radius 1 is 1.60 bits per heavy atom. The van der Waals surface area contributed by atoms with Gasteiger partial charge in [0.15, 0.2) is 0 Å². The lowest BCUT2D eigenvalue weighted by Crippen LogP contribution is -2.28. The zero-order valence-electron chi connectivity index (χ0n) is 7.87. The summed E-state index contributed by atoms with van der Waals surface area (Å²) in [6.07, 6.45) is 0.964. The number of aliphatic hydroxyl groups excluding tert-OH is 1. The van der Waals surface area contributed by atoms with Crippen LogP contribution in [0.15, 0.2) is 17.1 Å². The molecule has 6 nitrogen and oxygen atoms in total. The summed E-state index contributed by atoms with van der Waals surface area (Å²) >= 11 is 0. The van der Waals surface area contributed by atoms with Gasteiger partial charge in [0.05, 0.1) is 6.10 Å². The highest BCUT2D eigenvalue weighted by atomic mass is 16.6. The number of rotatable bonds is 0. The Bertz CT molecular complexity index is 444. The van der Waals surface area contributed by atoms with Crippen molar-refractivity contribution in [3.8, 4) is 6.01 Å². The first kappa shape index (κ1) is 8.87. The van der Waals surface area contributed by atoms with Gasteiger partial charge in [0.25, 0.3) is 5.56 Å². The fourth-order valence-corrected chi connectivity index (χ4v) is 1.92. The van der Waals surface area contributed by atoms with E-state index in [2.05, 4.69) is 4.98 Å². The van der Waals surface area contributed by atoms with Crippen LogP contribution in [-0.4, -0.2) is 33.5 Å². The largest absolute Gasteiger partial charge is 0.462 e. The fourth-order valence-electron chi connectivity index (χ4n) is 1.92. The molecule has 6 heteroatoms. The van der Waals surface area contributed by atoms with Crippen molar-refractivity contribution in [3.63, 3.8) is 0 Å². The molecule has 3 rings (SSSR count). The van der Waals surface area contributed by atoms with Crippen LogP contribution in [-0.2, 0) is 4.74 Å². The van der Waals surface area contributed by atoms with E-state index in [1.54, 1.807) is 10.8 Å². The van der Waals surface area contributed by atoms with Crippen molar-refractivity contribution in [3.05, 3.63) is 22.6 Å². The van der Waals surface area contributed by atoms with Gasteiger partial charge in [-0.25, -0.2) is 0 Å². The lowest BCUT2D eigenvalue weighted by molar-refractivity contribution is -0.0204. The van der Waals surface area contributed by atoms with E-state index in [9.17, 15) is 9.90 Å². The molecule has 1 saturated heterocycles. The fraction of sp³-hybridized carbons (Fsp3) is 0.556. The van der Waals surface area contributed by atoms with Gasteiger partial charge >= 0.3 is 6.01 Å². The third-order valence-corrected chi connectivity index (χ3v) is 2.70. The summed E-state index contributed by atoms with van der Waals surface area (Å²) in [5.41, 5.74) is -0.334. The molecule has 3 heterocycles.